The first-order valence-corrected chi connectivity index (χ1v) is 14.0. The number of carbonyl (C=O) groups is 3. The smallest absolute Gasteiger partial charge is 0.416 e. The Balaban J connectivity index is 1.67. The first kappa shape index (κ1) is 28.7. The number of amides is 2. The molecule has 1 saturated heterocycles. The van der Waals surface area contributed by atoms with Crippen molar-refractivity contribution >= 4 is 45.4 Å². The number of halogens is 3. The van der Waals surface area contributed by atoms with Crippen LogP contribution in [0.25, 0.3) is 16.5 Å². The van der Waals surface area contributed by atoms with Crippen LogP contribution in [-0.2, 0) is 26.9 Å². The Morgan fingerprint density at radius 3 is 2.56 bits per heavy atom. The van der Waals surface area contributed by atoms with E-state index in [0.717, 1.165) is 17.4 Å². The standard InChI is InChI=1S/C29H28F3N3O5S/c1-3-40-26(37)28(11-5-4-6-12-28)35-25(36)24(41-27(35)38)21(17-8-10-23-19(13-17)16-33-34-23)14-18-7-9-20(39-2)15-22(18)29(30,31)32/h7-10,13,15-16H,3-6,11-12,14H2,1-2H3,(H,33,34)/b24-21-. The van der Waals surface area contributed by atoms with Gasteiger partial charge in [-0.15, -0.1) is 0 Å². The average molecular weight is 588 g/mol. The van der Waals surface area contributed by atoms with Crippen LogP contribution in [-0.4, -0.2) is 51.5 Å². The Hall–Kier alpha value is -3.80. The number of allylic oxidation sites excluding steroid dienone is 1. The number of imide groups is 1. The number of alkyl halides is 3. The van der Waals surface area contributed by atoms with Crippen LogP contribution in [0, 0.1) is 0 Å². The number of nitrogens with zero attached hydrogens (tertiary/aromatic N) is 2. The molecule has 1 N–H and O–H groups in total. The highest BCUT2D eigenvalue weighted by atomic mass is 32.2. The average Bonchev–Trinajstić information content (AvgIpc) is 3.54. The van der Waals surface area contributed by atoms with Gasteiger partial charge in [0.05, 0.1) is 35.9 Å². The van der Waals surface area contributed by atoms with E-state index in [2.05, 4.69) is 10.2 Å². The van der Waals surface area contributed by atoms with E-state index < -0.39 is 34.4 Å². The summed E-state index contributed by atoms with van der Waals surface area (Å²) >= 11 is 0.640. The summed E-state index contributed by atoms with van der Waals surface area (Å²) in [6.45, 7) is 1.74. The molecule has 0 bridgehead atoms. The van der Waals surface area contributed by atoms with Gasteiger partial charge in [-0.3, -0.25) is 19.6 Å². The molecule has 2 aromatic carbocycles. The largest absolute Gasteiger partial charge is 0.497 e. The molecule has 2 amide bonds. The predicted molar refractivity (Wildman–Crippen MR) is 147 cm³/mol. The number of rotatable bonds is 7. The van der Waals surface area contributed by atoms with Crippen LogP contribution in [0.15, 0.2) is 47.5 Å². The molecule has 12 heteroatoms. The number of aromatic nitrogens is 2. The molecule has 2 fully saturated rings. The number of esters is 1. The molecule has 41 heavy (non-hydrogen) atoms. The van der Waals surface area contributed by atoms with Crippen molar-refractivity contribution in [1.29, 1.82) is 0 Å². The van der Waals surface area contributed by atoms with Gasteiger partial charge < -0.3 is 9.47 Å². The summed E-state index contributed by atoms with van der Waals surface area (Å²) in [5.74, 6) is -1.31. The van der Waals surface area contributed by atoms with Gasteiger partial charge in [-0.05, 0) is 78.9 Å². The van der Waals surface area contributed by atoms with Crippen molar-refractivity contribution in [3.05, 3.63) is 64.2 Å². The summed E-state index contributed by atoms with van der Waals surface area (Å²) < 4.78 is 52.8. The number of carbonyl (C=O) groups excluding carboxylic acids is 3. The van der Waals surface area contributed by atoms with Gasteiger partial charge >= 0.3 is 12.1 Å². The normalized spacial score (nSPS) is 18.6. The lowest BCUT2D eigenvalue weighted by Crippen LogP contribution is -2.58. The number of ether oxygens (including phenoxy) is 2. The minimum atomic E-state index is -4.70. The van der Waals surface area contributed by atoms with Crippen LogP contribution in [0.3, 0.4) is 0 Å². The molecular formula is C29H28F3N3O5S. The van der Waals surface area contributed by atoms with Crippen molar-refractivity contribution in [1.82, 2.24) is 15.1 Å². The Morgan fingerprint density at radius 2 is 1.88 bits per heavy atom. The highest BCUT2D eigenvalue weighted by molar-refractivity contribution is 8.18. The molecule has 2 aliphatic rings. The molecule has 1 aliphatic carbocycles. The molecule has 0 unspecified atom stereocenters. The quantitative estimate of drug-likeness (QED) is 0.249. The number of H-pyrrole nitrogens is 1. The summed E-state index contributed by atoms with van der Waals surface area (Å²) in [5.41, 5.74) is -1.05. The summed E-state index contributed by atoms with van der Waals surface area (Å²) in [7, 11) is 1.28. The van der Waals surface area contributed by atoms with Crippen molar-refractivity contribution in [2.75, 3.05) is 13.7 Å². The van der Waals surface area contributed by atoms with Gasteiger partial charge in [0.2, 0.25) is 0 Å². The number of benzene rings is 2. The van der Waals surface area contributed by atoms with Crippen molar-refractivity contribution in [3.63, 3.8) is 0 Å². The zero-order valence-electron chi connectivity index (χ0n) is 22.5. The molecule has 8 nitrogen and oxygen atoms in total. The maximum absolute atomic E-state index is 14.1. The van der Waals surface area contributed by atoms with Gasteiger partial charge in [0, 0.05) is 5.39 Å². The van der Waals surface area contributed by atoms with Crippen molar-refractivity contribution in [3.8, 4) is 5.75 Å². The zero-order valence-corrected chi connectivity index (χ0v) is 23.3. The fourth-order valence-corrected chi connectivity index (χ4v) is 6.59. The first-order chi connectivity index (χ1) is 19.6. The minimum Gasteiger partial charge on any atom is -0.497 e. The monoisotopic (exact) mass is 587 g/mol. The molecular weight excluding hydrogens is 559 g/mol. The minimum absolute atomic E-state index is 0.0176. The van der Waals surface area contributed by atoms with Gasteiger partial charge in [-0.1, -0.05) is 31.4 Å². The summed E-state index contributed by atoms with van der Waals surface area (Å²) in [4.78, 5) is 41.8. The summed E-state index contributed by atoms with van der Waals surface area (Å²) in [5, 5.41) is 6.87. The van der Waals surface area contributed by atoms with E-state index >= 15 is 0 Å². The fourth-order valence-electron chi connectivity index (χ4n) is 5.58. The second-order valence-electron chi connectivity index (χ2n) is 10.00. The molecule has 216 valence electrons. The Morgan fingerprint density at radius 1 is 1.12 bits per heavy atom. The van der Waals surface area contributed by atoms with Crippen LogP contribution in [0.5, 0.6) is 5.75 Å². The molecule has 1 saturated carbocycles. The van der Waals surface area contributed by atoms with E-state index in [0.29, 0.717) is 41.1 Å². The SMILES string of the molecule is CCOC(=O)C1(N2C(=O)S/C(=C(/Cc3ccc(OC)cc3C(F)(F)F)c3ccc4[nH]ncc4c3)C2=O)CCCCC1. The second kappa shape index (κ2) is 11.2. The number of methoxy groups -OCH3 is 1. The maximum atomic E-state index is 14.1. The topological polar surface area (TPSA) is 102 Å². The van der Waals surface area contributed by atoms with Crippen molar-refractivity contribution < 1.29 is 37.0 Å². The van der Waals surface area contributed by atoms with Crippen LogP contribution in [0.4, 0.5) is 18.0 Å². The fraction of sp³-hybridized carbons (Fsp3) is 0.379. The van der Waals surface area contributed by atoms with Gasteiger partial charge in [0.15, 0.2) is 0 Å². The lowest BCUT2D eigenvalue weighted by molar-refractivity contribution is -0.161. The zero-order chi connectivity index (χ0) is 29.4. The molecule has 1 aliphatic heterocycles. The molecule has 0 spiro atoms. The summed E-state index contributed by atoms with van der Waals surface area (Å²) in [6.07, 6.45) is -0.790. The van der Waals surface area contributed by atoms with Crippen LogP contribution < -0.4 is 4.74 Å². The van der Waals surface area contributed by atoms with Crippen LogP contribution in [0.2, 0.25) is 0 Å². The second-order valence-corrected chi connectivity index (χ2v) is 11.0. The van der Waals surface area contributed by atoms with E-state index in [1.54, 1.807) is 31.3 Å². The lowest BCUT2D eigenvalue weighted by Gasteiger charge is -2.40. The number of hydrogen-bond donors (Lipinski definition) is 1. The van der Waals surface area contributed by atoms with E-state index in [4.69, 9.17) is 9.47 Å². The number of hydrogen-bond acceptors (Lipinski definition) is 7. The Kier molecular flexibility index (Phi) is 7.87. The van der Waals surface area contributed by atoms with Crippen molar-refractivity contribution in [2.24, 2.45) is 0 Å². The lowest BCUT2D eigenvalue weighted by atomic mass is 9.80. The number of fused-ring (bicyclic) bond motifs is 1. The number of nitrogens with one attached hydrogen (secondary N) is 1. The molecule has 5 rings (SSSR count). The third kappa shape index (κ3) is 5.32. The summed E-state index contributed by atoms with van der Waals surface area (Å²) in [6, 6.07) is 8.73. The van der Waals surface area contributed by atoms with E-state index in [-0.39, 0.29) is 47.7 Å². The van der Waals surface area contributed by atoms with Gasteiger partial charge in [0.25, 0.3) is 11.1 Å². The number of thioether (sulfide) groups is 1. The first-order valence-electron chi connectivity index (χ1n) is 13.2. The molecule has 1 aromatic heterocycles. The third-order valence-corrected chi connectivity index (χ3v) is 8.57. The number of aromatic amines is 1. The third-order valence-electron chi connectivity index (χ3n) is 7.59. The van der Waals surface area contributed by atoms with Crippen LogP contribution in [0.1, 0.15) is 55.7 Å². The van der Waals surface area contributed by atoms with Crippen LogP contribution >= 0.6 is 11.8 Å². The van der Waals surface area contributed by atoms with E-state index in [1.807, 2.05) is 0 Å². The van der Waals surface area contributed by atoms with Gasteiger partial charge in [0.1, 0.15) is 11.3 Å². The molecule has 3 aromatic rings. The van der Waals surface area contributed by atoms with E-state index in [1.165, 1.54) is 19.2 Å². The van der Waals surface area contributed by atoms with Crippen molar-refractivity contribution in [2.45, 2.75) is 57.2 Å². The Bertz CT molecular complexity index is 1540. The highest BCUT2D eigenvalue weighted by Gasteiger charge is 2.55. The van der Waals surface area contributed by atoms with E-state index in [9.17, 15) is 27.6 Å². The van der Waals surface area contributed by atoms with Gasteiger partial charge in [-0.2, -0.15) is 18.3 Å². The highest BCUT2D eigenvalue weighted by Crippen LogP contribution is 2.47. The Labute approximate surface area is 238 Å². The maximum Gasteiger partial charge on any atom is 0.416 e. The van der Waals surface area contributed by atoms with Gasteiger partial charge in [-0.25, -0.2) is 4.79 Å². The predicted octanol–water partition coefficient (Wildman–Crippen LogP) is 6.51. The molecule has 2 heterocycles. The molecule has 0 atom stereocenters. The molecule has 0 radical (unpaired) electrons.